The summed E-state index contributed by atoms with van der Waals surface area (Å²) in [5, 5.41) is 51.7. The van der Waals surface area contributed by atoms with E-state index in [0.717, 1.165) is 54.8 Å². The van der Waals surface area contributed by atoms with E-state index >= 15 is 0 Å². The van der Waals surface area contributed by atoms with Crippen LogP contribution in [-0.2, 0) is 34.6 Å². The molecule has 0 spiro atoms. The van der Waals surface area contributed by atoms with E-state index in [0.29, 0.717) is 29.1 Å². The van der Waals surface area contributed by atoms with Gasteiger partial charge in [0.15, 0.2) is 29.0 Å². The molecule has 0 radical (unpaired) electrons. The van der Waals surface area contributed by atoms with Crippen molar-refractivity contribution in [2.24, 2.45) is 25.4 Å². The molecule has 4 rings (SSSR count). The number of carbonyl (C=O) groups excluding carboxylic acids is 3. The Bertz CT molecular complexity index is 2710. The molecule has 0 saturated carbocycles. The second-order valence-electron chi connectivity index (χ2n) is 12.7. The second kappa shape index (κ2) is 21.7. The smallest absolute Gasteiger partial charge is 0.860 e. The van der Waals surface area contributed by atoms with Gasteiger partial charge in [0.05, 0.1) is 20.4 Å². The van der Waals surface area contributed by atoms with Gasteiger partial charge in [-0.25, -0.2) is 8.42 Å². The minimum absolute atomic E-state index is 0. The Morgan fingerprint density at radius 3 is 1.56 bits per heavy atom. The summed E-state index contributed by atoms with van der Waals surface area (Å²) in [6.45, 7) is 9.44. The first-order chi connectivity index (χ1) is 27.8. The van der Waals surface area contributed by atoms with Crippen LogP contribution in [0.4, 0.5) is 34.1 Å². The molecule has 4 aromatic rings. The number of aliphatic imine (C=N–C) groups is 1. The molecule has 4 aromatic carbocycles. The van der Waals surface area contributed by atoms with E-state index < -0.39 is 98.1 Å². The number of rotatable bonds is 14. The van der Waals surface area contributed by atoms with Crippen LogP contribution in [-0.4, -0.2) is 109 Å². The maximum Gasteiger partial charge on any atom is 2.00 e. The molecule has 0 aliphatic heterocycles. The normalized spacial score (nSPS) is 12.8. The SMILES string of the molecule is CC(=O)C(N=Nc1ccc(S(=O)(=O)O)cc1[N+](=O)[O-])C(=O)Nc1ccc(C)cc1C.CC(=O)C(N=Nc1ccc(S(=O)(=O)[O-])cc1[N+](=O)[O-])C([O-])=Nc1ccc(C)cc1C.[Ca+2]. The third kappa shape index (κ3) is 14.7. The third-order valence-corrected chi connectivity index (χ3v) is 9.59. The minimum Gasteiger partial charge on any atom is -0.860 e. The van der Waals surface area contributed by atoms with Gasteiger partial charge < -0.3 is 15.0 Å². The predicted octanol–water partition coefficient (Wildman–Crippen LogP) is 5.01. The first-order valence-electron chi connectivity index (χ1n) is 16.8. The fraction of sp³-hybridized carbons (Fsp3) is 0.222. The Morgan fingerprint density at radius 2 is 1.11 bits per heavy atom. The number of nitro groups is 2. The van der Waals surface area contributed by atoms with Crippen LogP contribution in [0.15, 0.2) is 108 Å². The van der Waals surface area contributed by atoms with Crippen LogP contribution in [0.1, 0.15) is 36.1 Å². The average Bonchev–Trinajstić information content (AvgIpc) is 3.13. The summed E-state index contributed by atoms with van der Waals surface area (Å²) in [6.07, 6.45) is 0. The van der Waals surface area contributed by atoms with Crippen molar-refractivity contribution in [3.63, 3.8) is 0 Å². The number of benzene rings is 4. The number of anilines is 1. The van der Waals surface area contributed by atoms with Crippen LogP contribution >= 0.6 is 0 Å². The van der Waals surface area contributed by atoms with Gasteiger partial charge in [0, 0.05) is 17.8 Å². The molecule has 2 N–H and O–H groups in total. The van der Waals surface area contributed by atoms with Crippen molar-refractivity contribution in [3.8, 4) is 0 Å². The van der Waals surface area contributed by atoms with Crippen molar-refractivity contribution < 1.29 is 55.3 Å². The van der Waals surface area contributed by atoms with Crippen LogP contribution in [0.5, 0.6) is 0 Å². The van der Waals surface area contributed by atoms with Crippen molar-refractivity contribution in [3.05, 3.63) is 115 Å². The molecule has 2 unspecified atom stereocenters. The summed E-state index contributed by atoms with van der Waals surface area (Å²) in [4.78, 5) is 59.0. The van der Waals surface area contributed by atoms with E-state index in [9.17, 15) is 61.1 Å². The molecule has 0 bridgehead atoms. The fourth-order valence-electron chi connectivity index (χ4n) is 4.91. The zero-order chi connectivity index (χ0) is 45.3. The van der Waals surface area contributed by atoms with E-state index in [-0.39, 0.29) is 37.7 Å². The summed E-state index contributed by atoms with van der Waals surface area (Å²) in [5.74, 6) is -3.05. The standard InChI is InChI=1S/2C18H18N4O7S.Ca/c2*1-10-4-6-14(11(2)8-10)19-18(24)17(12(3)23)21-20-15-7-5-13(30(27,28)29)9-16(15)22(25)26;/h2*4-9,17H,1-3H3,(H,19,24)(H,27,28,29);/q;;+2/p-2. The van der Waals surface area contributed by atoms with Crippen molar-refractivity contribution in [1.82, 2.24) is 0 Å². The quantitative estimate of drug-likeness (QED) is 0.0246. The maximum atomic E-state index is 12.5. The summed E-state index contributed by atoms with van der Waals surface area (Å²) in [6, 6.07) is 11.8. The van der Waals surface area contributed by atoms with Gasteiger partial charge in [-0.05, 0) is 95.0 Å². The molecular weight excluding hydrogens is 873 g/mol. The van der Waals surface area contributed by atoms with Crippen molar-refractivity contribution in [1.29, 1.82) is 0 Å². The molecule has 25 heteroatoms. The second-order valence-corrected chi connectivity index (χ2v) is 15.6. The van der Waals surface area contributed by atoms with Crippen LogP contribution in [0, 0.1) is 47.9 Å². The molecule has 0 fully saturated rings. The van der Waals surface area contributed by atoms with Gasteiger partial charge in [-0.1, -0.05) is 35.4 Å². The number of aryl methyl sites for hydroxylation is 4. The van der Waals surface area contributed by atoms with Crippen LogP contribution < -0.4 is 10.4 Å². The number of azo groups is 2. The van der Waals surface area contributed by atoms with Gasteiger partial charge in [-0.3, -0.25) is 44.2 Å². The van der Waals surface area contributed by atoms with Gasteiger partial charge in [0.25, 0.3) is 27.4 Å². The summed E-state index contributed by atoms with van der Waals surface area (Å²) in [7, 11) is -9.60. The largest absolute Gasteiger partial charge is 2.00 e. The van der Waals surface area contributed by atoms with E-state index in [1.54, 1.807) is 44.2 Å². The van der Waals surface area contributed by atoms with Crippen molar-refractivity contribution in [2.75, 3.05) is 5.32 Å². The third-order valence-electron chi connectivity index (χ3n) is 7.91. The number of carbonyl (C=O) groups is 3. The van der Waals surface area contributed by atoms with E-state index in [4.69, 9.17) is 4.55 Å². The molecule has 0 aliphatic rings. The minimum atomic E-state index is -4.93. The van der Waals surface area contributed by atoms with Gasteiger partial charge in [-0.15, -0.1) is 10.2 Å². The molecule has 0 heterocycles. The van der Waals surface area contributed by atoms with Gasteiger partial charge in [-0.2, -0.15) is 18.6 Å². The fourth-order valence-corrected chi connectivity index (χ4v) is 5.90. The number of nitrogens with zero attached hydrogens (tertiary/aromatic N) is 7. The average molecular weight is 907 g/mol. The van der Waals surface area contributed by atoms with Crippen molar-refractivity contribution in [2.45, 2.75) is 63.4 Å². The van der Waals surface area contributed by atoms with E-state index in [2.05, 4.69) is 30.8 Å². The number of hydrogen-bond acceptors (Lipinski definition) is 18. The molecule has 316 valence electrons. The summed E-state index contributed by atoms with van der Waals surface area (Å²) >= 11 is 0. The Kier molecular flexibility index (Phi) is 18.2. The van der Waals surface area contributed by atoms with E-state index in [1.807, 2.05) is 19.9 Å². The molecule has 2 atom stereocenters. The summed E-state index contributed by atoms with van der Waals surface area (Å²) < 4.78 is 64.5. The predicted molar refractivity (Wildman–Crippen MR) is 215 cm³/mol. The molecule has 0 aliphatic carbocycles. The molecule has 61 heavy (non-hydrogen) atoms. The van der Waals surface area contributed by atoms with Crippen molar-refractivity contribution >= 4 is 115 Å². The number of ketones is 2. The zero-order valence-corrected chi connectivity index (χ0v) is 36.8. The van der Waals surface area contributed by atoms with E-state index in [1.165, 1.54) is 0 Å². The van der Waals surface area contributed by atoms with Crippen LogP contribution in [0.25, 0.3) is 0 Å². The van der Waals surface area contributed by atoms with Gasteiger partial charge >= 0.3 is 37.7 Å². The number of hydrogen-bond donors (Lipinski definition) is 2. The topological polar surface area (TPSA) is 346 Å². The number of nitrogens with one attached hydrogen (secondary N) is 1. The van der Waals surface area contributed by atoms with Gasteiger partial charge in [0.1, 0.15) is 15.0 Å². The van der Waals surface area contributed by atoms with Crippen LogP contribution in [0.2, 0.25) is 0 Å². The molecule has 0 saturated heterocycles. The molecule has 22 nitrogen and oxygen atoms in total. The monoisotopic (exact) mass is 906 g/mol. The first-order valence-corrected chi connectivity index (χ1v) is 19.7. The zero-order valence-electron chi connectivity index (χ0n) is 33.0. The summed E-state index contributed by atoms with van der Waals surface area (Å²) in [5.41, 5.74) is 1.79. The molecule has 1 amide bonds. The number of amides is 1. The van der Waals surface area contributed by atoms with Crippen LogP contribution in [0.3, 0.4) is 0 Å². The first kappa shape index (κ1) is 51.4. The Hall–Kier alpha value is -5.76. The Labute approximate surface area is 377 Å². The number of Topliss-reactive ketones (excluding diaryl/α,β-unsaturated/α-hetero) is 2. The van der Waals surface area contributed by atoms with Gasteiger partial charge in [0.2, 0.25) is 6.04 Å². The Balaban J connectivity index is 0.000000413. The molecule has 0 aromatic heterocycles. The Morgan fingerprint density at radius 1 is 0.672 bits per heavy atom. The maximum absolute atomic E-state index is 12.5. The molecular formula is C36H34CaN8O14S2. The number of nitro benzene ring substituents is 2.